The van der Waals surface area contributed by atoms with Crippen LogP contribution in [0.4, 0.5) is 0 Å². The van der Waals surface area contributed by atoms with Crippen LogP contribution in [0.2, 0.25) is 0 Å². The molecule has 0 amide bonds. The third-order valence-electron chi connectivity index (χ3n) is 1.25. The SMILES string of the molecule is CCOC(=O)Cc1ccc(Br)s1. The maximum atomic E-state index is 11.0. The second kappa shape index (κ2) is 4.62. The third kappa shape index (κ3) is 2.95. The predicted molar refractivity (Wildman–Crippen MR) is 52.4 cm³/mol. The van der Waals surface area contributed by atoms with Crippen LogP contribution < -0.4 is 0 Å². The Morgan fingerprint density at radius 3 is 2.92 bits per heavy atom. The third-order valence-corrected chi connectivity index (χ3v) is 2.88. The van der Waals surface area contributed by atoms with Gasteiger partial charge in [0.05, 0.1) is 16.8 Å². The fourth-order valence-corrected chi connectivity index (χ4v) is 2.27. The van der Waals surface area contributed by atoms with Gasteiger partial charge in [0.15, 0.2) is 0 Å². The van der Waals surface area contributed by atoms with Crippen molar-refractivity contribution in [3.8, 4) is 0 Å². The van der Waals surface area contributed by atoms with E-state index in [4.69, 9.17) is 4.74 Å². The molecule has 1 heterocycles. The molecule has 1 aromatic rings. The Hall–Kier alpha value is -0.350. The first-order chi connectivity index (χ1) is 5.72. The average molecular weight is 249 g/mol. The molecule has 66 valence electrons. The number of rotatable bonds is 3. The van der Waals surface area contributed by atoms with Gasteiger partial charge in [-0.1, -0.05) is 0 Å². The molecule has 0 aliphatic rings. The van der Waals surface area contributed by atoms with Crippen molar-refractivity contribution in [2.24, 2.45) is 0 Å². The Morgan fingerprint density at radius 2 is 2.42 bits per heavy atom. The minimum Gasteiger partial charge on any atom is -0.466 e. The first kappa shape index (κ1) is 9.74. The summed E-state index contributed by atoms with van der Waals surface area (Å²) in [5.74, 6) is -0.160. The number of ether oxygens (including phenoxy) is 1. The van der Waals surface area contributed by atoms with Gasteiger partial charge in [0.2, 0.25) is 0 Å². The lowest BCUT2D eigenvalue weighted by Gasteiger charge is -1.97. The molecule has 0 atom stereocenters. The van der Waals surface area contributed by atoms with Crippen molar-refractivity contribution in [2.75, 3.05) is 6.61 Å². The van der Waals surface area contributed by atoms with Crippen LogP contribution in [0.15, 0.2) is 15.9 Å². The zero-order valence-corrected chi connectivity index (χ0v) is 9.07. The van der Waals surface area contributed by atoms with Gasteiger partial charge in [0.1, 0.15) is 0 Å². The standard InChI is InChI=1S/C8H9BrO2S/c1-2-11-8(10)5-6-3-4-7(9)12-6/h3-4H,2,5H2,1H3. The molecular formula is C8H9BrO2S. The van der Waals surface area contributed by atoms with Gasteiger partial charge < -0.3 is 4.74 Å². The highest BCUT2D eigenvalue weighted by molar-refractivity contribution is 9.11. The van der Waals surface area contributed by atoms with Crippen LogP contribution in [0.5, 0.6) is 0 Å². The van der Waals surface area contributed by atoms with Crippen molar-refractivity contribution in [1.29, 1.82) is 0 Å². The second-order valence-corrected chi connectivity index (χ2v) is 4.74. The van der Waals surface area contributed by atoms with Crippen LogP contribution in [0.25, 0.3) is 0 Å². The summed E-state index contributed by atoms with van der Waals surface area (Å²) >= 11 is 4.89. The lowest BCUT2D eigenvalue weighted by molar-refractivity contribution is -0.142. The van der Waals surface area contributed by atoms with E-state index < -0.39 is 0 Å². The molecule has 0 N–H and O–H groups in total. The summed E-state index contributed by atoms with van der Waals surface area (Å²) in [4.78, 5) is 12.0. The molecule has 0 unspecified atom stereocenters. The fraction of sp³-hybridized carbons (Fsp3) is 0.375. The zero-order chi connectivity index (χ0) is 8.97. The molecule has 1 aromatic heterocycles. The molecule has 1 rings (SSSR count). The van der Waals surface area contributed by atoms with Gasteiger partial charge >= 0.3 is 5.97 Å². The molecule has 0 radical (unpaired) electrons. The highest BCUT2D eigenvalue weighted by atomic mass is 79.9. The summed E-state index contributed by atoms with van der Waals surface area (Å²) in [6.45, 7) is 2.26. The first-order valence-electron chi connectivity index (χ1n) is 3.62. The van der Waals surface area contributed by atoms with Crippen LogP contribution in [0.3, 0.4) is 0 Å². The molecule has 0 aromatic carbocycles. The number of hydrogen-bond donors (Lipinski definition) is 0. The highest BCUT2D eigenvalue weighted by Gasteiger charge is 2.05. The number of carbonyl (C=O) groups is 1. The van der Waals surface area contributed by atoms with Crippen molar-refractivity contribution in [2.45, 2.75) is 13.3 Å². The molecule has 4 heteroatoms. The van der Waals surface area contributed by atoms with Crippen LogP contribution in [-0.4, -0.2) is 12.6 Å². The summed E-state index contributed by atoms with van der Waals surface area (Å²) in [6, 6.07) is 3.85. The average Bonchev–Trinajstić information content (AvgIpc) is 2.36. The van der Waals surface area contributed by atoms with Gasteiger partial charge in [0.25, 0.3) is 0 Å². The van der Waals surface area contributed by atoms with Crippen molar-refractivity contribution in [3.63, 3.8) is 0 Å². The molecule has 0 aliphatic heterocycles. The van der Waals surface area contributed by atoms with Gasteiger partial charge in [-0.15, -0.1) is 11.3 Å². The Kier molecular flexibility index (Phi) is 3.75. The zero-order valence-electron chi connectivity index (χ0n) is 6.67. The normalized spacial score (nSPS) is 9.83. The number of halogens is 1. The van der Waals surface area contributed by atoms with Crippen LogP contribution in [0, 0.1) is 0 Å². The van der Waals surface area contributed by atoms with E-state index in [0.717, 1.165) is 8.66 Å². The Labute approximate surface area is 83.7 Å². The lowest BCUT2D eigenvalue weighted by atomic mass is 10.3. The monoisotopic (exact) mass is 248 g/mol. The molecule has 0 saturated carbocycles. The maximum absolute atomic E-state index is 11.0. The minimum absolute atomic E-state index is 0.160. The number of esters is 1. The summed E-state index contributed by atoms with van der Waals surface area (Å²) in [5, 5.41) is 0. The largest absolute Gasteiger partial charge is 0.466 e. The molecule has 0 bridgehead atoms. The van der Waals surface area contributed by atoms with Gasteiger partial charge in [-0.25, -0.2) is 0 Å². The van der Waals surface area contributed by atoms with Crippen molar-refractivity contribution in [3.05, 3.63) is 20.8 Å². The Morgan fingerprint density at radius 1 is 1.67 bits per heavy atom. The lowest BCUT2D eigenvalue weighted by Crippen LogP contribution is -2.05. The summed E-state index contributed by atoms with van der Waals surface area (Å²) in [7, 11) is 0. The van der Waals surface area contributed by atoms with Crippen LogP contribution in [-0.2, 0) is 16.0 Å². The quantitative estimate of drug-likeness (QED) is 0.769. The molecule has 0 saturated heterocycles. The van der Waals surface area contributed by atoms with E-state index in [1.165, 1.54) is 0 Å². The summed E-state index contributed by atoms with van der Waals surface area (Å²) in [6.07, 6.45) is 0.379. The fourth-order valence-electron chi connectivity index (χ4n) is 0.801. The Balaban J connectivity index is 2.46. The van der Waals surface area contributed by atoms with Gasteiger partial charge in [-0.2, -0.15) is 0 Å². The molecule has 12 heavy (non-hydrogen) atoms. The molecular weight excluding hydrogens is 240 g/mol. The molecule has 0 fully saturated rings. The van der Waals surface area contributed by atoms with E-state index in [1.807, 2.05) is 19.1 Å². The number of carbonyl (C=O) groups excluding carboxylic acids is 1. The molecule has 2 nitrogen and oxygen atoms in total. The second-order valence-electron chi connectivity index (χ2n) is 2.19. The van der Waals surface area contributed by atoms with E-state index in [2.05, 4.69) is 15.9 Å². The molecule has 0 spiro atoms. The smallest absolute Gasteiger partial charge is 0.311 e. The van der Waals surface area contributed by atoms with Crippen molar-refractivity contribution in [1.82, 2.24) is 0 Å². The van der Waals surface area contributed by atoms with Crippen molar-refractivity contribution < 1.29 is 9.53 Å². The van der Waals surface area contributed by atoms with E-state index in [-0.39, 0.29) is 5.97 Å². The van der Waals surface area contributed by atoms with E-state index >= 15 is 0 Å². The van der Waals surface area contributed by atoms with Gasteiger partial charge in [-0.05, 0) is 35.0 Å². The molecule has 0 aliphatic carbocycles. The summed E-state index contributed by atoms with van der Waals surface area (Å²) < 4.78 is 5.85. The number of hydrogen-bond acceptors (Lipinski definition) is 3. The van der Waals surface area contributed by atoms with E-state index in [0.29, 0.717) is 13.0 Å². The first-order valence-corrected chi connectivity index (χ1v) is 5.23. The van der Waals surface area contributed by atoms with Gasteiger partial charge in [0, 0.05) is 4.88 Å². The van der Waals surface area contributed by atoms with Gasteiger partial charge in [-0.3, -0.25) is 4.79 Å². The highest BCUT2D eigenvalue weighted by Crippen LogP contribution is 2.22. The maximum Gasteiger partial charge on any atom is 0.311 e. The number of thiophene rings is 1. The minimum atomic E-state index is -0.160. The summed E-state index contributed by atoms with van der Waals surface area (Å²) in [5.41, 5.74) is 0. The van der Waals surface area contributed by atoms with E-state index in [1.54, 1.807) is 11.3 Å². The topological polar surface area (TPSA) is 26.3 Å². The van der Waals surface area contributed by atoms with Crippen LogP contribution >= 0.6 is 27.3 Å². The van der Waals surface area contributed by atoms with Crippen LogP contribution in [0.1, 0.15) is 11.8 Å². The predicted octanol–water partition coefficient (Wildman–Crippen LogP) is 2.62. The van der Waals surface area contributed by atoms with Crippen molar-refractivity contribution >= 4 is 33.2 Å². The Bertz CT molecular complexity index is 270. The van der Waals surface area contributed by atoms with E-state index in [9.17, 15) is 4.79 Å².